The summed E-state index contributed by atoms with van der Waals surface area (Å²) in [4.78, 5) is 21.3. The lowest BCUT2D eigenvalue weighted by atomic mass is 10.1. The molecule has 2 amide bonds. The van der Waals surface area contributed by atoms with Crippen molar-refractivity contribution in [2.24, 2.45) is 0 Å². The fourth-order valence-electron chi connectivity index (χ4n) is 5.97. The molecule has 0 aliphatic heterocycles. The molecule has 16 heteroatoms. The molecule has 59 heavy (non-hydrogen) atoms. The molecule has 306 valence electrons. The predicted octanol–water partition coefficient (Wildman–Crippen LogP) is 10.5. The number of fused-ring (bicyclic) bond motifs is 2. The topological polar surface area (TPSA) is 174 Å². The van der Waals surface area contributed by atoms with Gasteiger partial charge in [0.2, 0.25) is 5.13 Å². The lowest BCUT2D eigenvalue weighted by molar-refractivity contribution is 0.262. The number of anilines is 3. The Bertz CT molecular complexity index is 2640. The minimum atomic E-state index is -0.383. The zero-order valence-electron chi connectivity index (χ0n) is 34.2. The van der Waals surface area contributed by atoms with E-state index in [0.717, 1.165) is 65.6 Å². The number of nitrogen functional groups attached to an aromatic ring is 1. The van der Waals surface area contributed by atoms with Crippen LogP contribution in [-0.2, 0) is 0 Å². The van der Waals surface area contributed by atoms with Crippen LogP contribution in [0.5, 0.6) is 46.0 Å². The van der Waals surface area contributed by atoms with Gasteiger partial charge in [0.05, 0.1) is 39.5 Å². The Morgan fingerprint density at radius 1 is 0.627 bits per heavy atom. The van der Waals surface area contributed by atoms with Crippen molar-refractivity contribution in [3.63, 3.8) is 0 Å². The normalized spacial score (nSPS) is 10.7. The number of hydrogen-bond donors (Lipinski definition) is 3. The molecule has 0 aliphatic rings. The number of nitrogens with zero attached hydrogens (tertiary/aromatic N) is 4. The number of hydrogen-bond acceptors (Lipinski definition) is 14. The van der Waals surface area contributed by atoms with Crippen LogP contribution in [0.4, 0.5) is 21.3 Å². The molecule has 0 unspecified atom stereocenters. The summed E-state index contributed by atoms with van der Waals surface area (Å²) >= 11 is 2.92. The van der Waals surface area contributed by atoms with Gasteiger partial charge in [-0.25, -0.2) is 4.79 Å². The Hall–Kier alpha value is -6.52. The number of ether oxygens (including phenoxy) is 6. The number of amides is 2. The lowest BCUT2D eigenvalue weighted by Crippen LogP contribution is -2.20. The largest absolute Gasteiger partial charge is 0.493 e. The average Bonchev–Trinajstić information content (AvgIpc) is 3.69. The summed E-state index contributed by atoms with van der Waals surface area (Å²) in [5.41, 5.74) is 12.7. The first kappa shape index (κ1) is 42.1. The number of benzene rings is 4. The number of carbonyl (C=O) groups excluding carboxylic acids is 1. The van der Waals surface area contributed by atoms with Crippen LogP contribution < -0.4 is 44.8 Å². The highest BCUT2D eigenvalue weighted by molar-refractivity contribution is 8.01. The minimum Gasteiger partial charge on any atom is -0.493 e. The molecule has 0 saturated carbocycles. The number of aromatic nitrogens is 4. The summed E-state index contributed by atoms with van der Waals surface area (Å²) in [5.74, 6) is 6.12. The molecule has 0 bridgehead atoms. The van der Waals surface area contributed by atoms with Crippen molar-refractivity contribution >= 4 is 67.4 Å². The molecular formula is C43H45N7O7S2. The molecular weight excluding hydrogens is 791 g/mol. The quantitative estimate of drug-likeness (QED) is 0.0603. The molecule has 0 fully saturated rings. The van der Waals surface area contributed by atoms with E-state index < -0.39 is 0 Å². The van der Waals surface area contributed by atoms with Gasteiger partial charge in [0.1, 0.15) is 23.0 Å². The Morgan fingerprint density at radius 3 is 1.66 bits per heavy atom. The van der Waals surface area contributed by atoms with Crippen molar-refractivity contribution in [2.45, 2.75) is 39.0 Å². The summed E-state index contributed by atoms with van der Waals surface area (Å²) in [7, 11) is 6.38. The van der Waals surface area contributed by atoms with Crippen LogP contribution in [0.15, 0.2) is 77.4 Å². The van der Waals surface area contributed by atoms with E-state index >= 15 is 0 Å². The molecule has 7 rings (SSSR count). The Balaban J connectivity index is 0.000000213. The Labute approximate surface area is 350 Å². The third-order valence-corrected chi connectivity index (χ3v) is 11.4. The third kappa shape index (κ3) is 9.45. The van der Waals surface area contributed by atoms with E-state index in [9.17, 15) is 4.79 Å². The van der Waals surface area contributed by atoms with Crippen LogP contribution in [0, 0.1) is 27.7 Å². The molecule has 4 aromatic carbocycles. The molecule has 0 saturated heterocycles. The highest BCUT2D eigenvalue weighted by Crippen LogP contribution is 2.40. The Morgan fingerprint density at radius 2 is 1.14 bits per heavy atom. The predicted molar refractivity (Wildman–Crippen MR) is 235 cm³/mol. The first-order valence-corrected chi connectivity index (χ1v) is 20.2. The molecule has 0 radical (unpaired) electrons. The van der Waals surface area contributed by atoms with Crippen molar-refractivity contribution in [3.8, 4) is 46.0 Å². The smallest absolute Gasteiger partial charge is 0.325 e. The van der Waals surface area contributed by atoms with E-state index in [0.29, 0.717) is 51.1 Å². The molecule has 0 atom stereocenters. The van der Waals surface area contributed by atoms with Crippen LogP contribution >= 0.6 is 23.1 Å². The van der Waals surface area contributed by atoms with Crippen molar-refractivity contribution in [1.82, 2.24) is 20.2 Å². The van der Waals surface area contributed by atoms with E-state index in [-0.39, 0.29) is 6.03 Å². The monoisotopic (exact) mass is 835 g/mol. The third-order valence-electron chi connectivity index (χ3n) is 9.51. The SMILES string of the molecule is CCSc1nnc(NC(=O)Nc2ccc(Oc3ccnc4cc(OC)c(OC)cc34)c(C)c2C)s1.COc1cc2nccc(Oc3ccc(N)c(C)c3C)c2cc1OC. The Kier molecular flexibility index (Phi) is 13.4. The molecule has 7 aromatic rings. The van der Waals surface area contributed by atoms with Crippen LogP contribution in [0.25, 0.3) is 21.8 Å². The molecule has 0 aliphatic carbocycles. The second-order valence-electron chi connectivity index (χ2n) is 12.9. The number of urea groups is 1. The first-order valence-electron chi connectivity index (χ1n) is 18.4. The van der Waals surface area contributed by atoms with Crippen LogP contribution in [0.2, 0.25) is 0 Å². The molecule has 3 heterocycles. The zero-order chi connectivity index (χ0) is 42.2. The highest BCUT2D eigenvalue weighted by atomic mass is 32.2. The van der Waals surface area contributed by atoms with Gasteiger partial charge in [-0.2, -0.15) is 0 Å². The summed E-state index contributed by atoms with van der Waals surface area (Å²) in [6.45, 7) is 9.89. The van der Waals surface area contributed by atoms with Gasteiger partial charge in [-0.3, -0.25) is 15.3 Å². The number of nitrogens with two attached hydrogens (primary N) is 1. The lowest BCUT2D eigenvalue weighted by Gasteiger charge is -2.16. The van der Waals surface area contributed by atoms with Crippen LogP contribution in [0.1, 0.15) is 29.2 Å². The van der Waals surface area contributed by atoms with Crippen LogP contribution in [0.3, 0.4) is 0 Å². The van der Waals surface area contributed by atoms with Gasteiger partial charge in [0.25, 0.3) is 0 Å². The van der Waals surface area contributed by atoms with Crippen molar-refractivity contribution in [2.75, 3.05) is 50.6 Å². The molecule has 4 N–H and O–H groups in total. The van der Waals surface area contributed by atoms with Gasteiger partial charge < -0.3 is 39.5 Å². The second-order valence-corrected chi connectivity index (χ2v) is 15.4. The summed E-state index contributed by atoms with van der Waals surface area (Å²) in [5, 5.41) is 15.7. The van der Waals surface area contributed by atoms with E-state index in [1.54, 1.807) is 58.7 Å². The standard InChI is InChI=1S/C24H25N5O4S2.C19H20N2O3/c1-6-34-24-29-28-23(35-24)27-22(30)26-16-7-8-18(14(3)13(16)2)33-19-9-10-25-17-12-21(32-5)20(31-4)11-15(17)19;1-11-12(2)16(6-5-14(11)20)24-17-7-8-21-15-10-19(23-4)18(22-3)9-13(15)17/h7-12H,6H2,1-5H3,(H2,26,27,28,30);5-10H,20H2,1-4H3. The fourth-order valence-corrected chi connectivity index (χ4v) is 7.62. The van der Waals surface area contributed by atoms with E-state index in [4.69, 9.17) is 34.2 Å². The summed E-state index contributed by atoms with van der Waals surface area (Å²) < 4.78 is 34.8. The van der Waals surface area contributed by atoms with Crippen LogP contribution in [-0.4, -0.2) is 60.4 Å². The van der Waals surface area contributed by atoms with Crippen molar-refractivity contribution in [3.05, 3.63) is 95.3 Å². The van der Waals surface area contributed by atoms with Crippen molar-refractivity contribution in [1.29, 1.82) is 0 Å². The summed E-state index contributed by atoms with van der Waals surface area (Å²) in [6, 6.07) is 18.0. The molecule has 3 aromatic heterocycles. The van der Waals surface area contributed by atoms with E-state index in [2.05, 4.69) is 30.8 Å². The van der Waals surface area contributed by atoms with E-state index in [1.807, 2.05) is 89.2 Å². The highest BCUT2D eigenvalue weighted by Gasteiger charge is 2.17. The second kappa shape index (κ2) is 18.8. The molecule has 0 spiro atoms. The maximum atomic E-state index is 12.5. The van der Waals surface area contributed by atoms with Gasteiger partial charge in [0, 0.05) is 46.7 Å². The van der Waals surface area contributed by atoms with Crippen molar-refractivity contribution < 1.29 is 33.2 Å². The number of pyridine rings is 2. The van der Waals surface area contributed by atoms with E-state index in [1.165, 1.54) is 11.3 Å². The summed E-state index contributed by atoms with van der Waals surface area (Å²) in [6.07, 6.45) is 3.40. The average molecular weight is 836 g/mol. The number of rotatable bonds is 12. The number of methoxy groups -OCH3 is 4. The maximum absolute atomic E-state index is 12.5. The molecule has 14 nitrogen and oxygen atoms in total. The number of carbonyl (C=O) groups is 1. The maximum Gasteiger partial charge on any atom is 0.325 e. The van der Waals surface area contributed by atoms with Gasteiger partial charge in [-0.1, -0.05) is 30.0 Å². The number of nitrogens with one attached hydrogen (secondary N) is 2. The zero-order valence-corrected chi connectivity index (χ0v) is 35.8. The fraction of sp³-hybridized carbons (Fsp3) is 0.233. The van der Waals surface area contributed by atoms with Gasteiger partial charge >= 0.3 is 6.03 Å². The van der Waals surface area contributed by atoms with Gasteiger partial charge in [-0.15, -0.1) is 10.2 Å². The number of thioether (sulfide) groups is 1. The minimum absolute atomic E-state index is 0.383. The first-order chi connectivity index (χ1) is 28.5. The van der Waals surface area contributed by atoms with Gasteiger partial charge in [0.15, 0.2) is 27.3 Å². The van der Waals surface area contributed by atoms with Gasteiger partial charge in [-0.05, 0) is 104 Å².